The third-order valence-electron chi connectivity index (χ3n) is 7.21. The fourth-order valence-corrected chi connectivity index (χ4v) is 4.79. The van der Waals surface area contributed by atoms with Gasteiger partial charge in [-0.2, -0.15) is 0 Å². The SMILES string of the molecule is COC(=O)CCc1ccc(C(Nc2ccc(N(C)C(=O)CCCCN(C)C)cc2)=C2C(=O)Nc3cc(F)ccc32)cc1. The molecule has 42 heavy (non-hydrogen) atoms. The number of halogens is 1. The number of carbonyl (C=O) groups is 3. The molecule has 0 atom stereocenters. The number of unbranched alkanes of at least 4 members (excludes halogenated alkanes) is 1. The molecule has 220 valence electrons. The van der Waals surface area contributed by atoms with Gasteiger partial charge in [0.25, 0.3) is 5.91 Å². The van der Waals surface area contributed by atoms with Crippen molar-refractivity contribution in [1.82, 2.24) is 4.90 Å². The molecule has 0 unspecified atom stereocenters. The number of nitrogens with zero attached hydrogens (tertiary/aromatic N) is 2. The van der Waals surface area contributed by atoms with Crippen molar-refractivity contribution in [2.75, 3.05) is 50.3 Å². The quantitative estimate of drug-likeness (QED) is 0.168. The summed E-state index contributed by atoms with van der Waals surface area (Å²) in [4.78, 5) is 41.2. The Labute approximate surface area is 246 Å². The van der Waals surface area contributed by atoms with Crippen LogP contribution in [0.3, 0.4) is 0 Å². The lowest BCUT2D eigenvalue weighted by Gasteiger charge is -2.19. The molecule has 2 amide bonds. The number of amides is 2. The highest BCUT2D eigenvalue weighted by molar-refractivity contribution is 6.37. The summed E-state index contributed by atoms with van der Waals surface area (Å²) in [5.41, 5.74) is 5.11. The molecule has 1 heterocycles. The van der Waals surface area contributed by atoms with Crippen LogP contribution < -0.4 is 15.5 Å². The van der Waals surface area contributed by atoms with Crippen molar-refractivity contribution in [3.05, 3.63) is 89.2 Å². The Morgan fingerprint density at radius 3 is 2.31 bits per heavy atom. The van der Waals surface area contributed by atoms with Crippen LogP contribution in [0.2, 0.25) is 0 Å². The summed E-state index contributed by atoms with van der Waals surface area (Å²) < 4.78 is 18.7. The molecule has 1 aliphatic heterocycles. The lowest BCUT2D eigenvalue weighted by molar-refractivity contribution is -0.140. The summed E-state index contributed by atoms with van der Waals surface area (Å²) in [6.45, 7) is 0.947. The van der Waals surface area contributed by atoms with Gasteiger partial charge in [0.2, 0.25) is 5.91 Å². The van der Waals surface area contributed by atoms with E-state index in [1.54, 1.807) is 18.0 Å². The summed E-state index contributed by atoms with van der Waals surface area (Å²) in [5.74, 6) is -1.01. The number of hydrogen-bond donors (Lipinski definition) is 2. The van der Waals surface area contributed by atoms with Crippen molar-refractivity contribution in [3.8, 4) is 0 Å². The van der Waals surface area contributed by atoms with Crippen LogP contribution in [0.4, 0.5) is 21.5 Å². The first-order valence-corrected chi connectivity index (χ1v) is 14.0. The number of carbonyl (C=O) groups excluding carboxylic acids is 3. The molecule has 4 rings (SSSR count). The molecule has 0 bridgehead atoms. The van der Waals surface area contributed by atoms with Gasteiger partial charge in [-0.15, -0.1) is 0 Å². The second kappa shape index (κ2) is 13.9. The predicted octanol–water partition coefficient (Wildman–Crippen LogP) is 5.56. The van der Waals surface area contributed by atoms with E-state index in [1.807, 2.05) is 62.6 Å². The molecule has 9 heteroatoms. The first kappa shape index (κ1) is 30.5. The second-order valence-electron chi connectivity index (χ2n) is 10.6. The van der Waals surface area contributed by atoms with Crippen molar-refractivity contribution >= 4 is 46.1 Å². The topological polar surface area (TPSA) is 91.0 Å². The molecule has 0 saturated carbocycles. The Morgan fingerprint density at radius 1 is 0.929 bits per heavy atom. The third-order valence-corrected chi connectivity index (χ3v) is 7.21. The maximum atomic E-state index is 13.9. The number of fused-ring (bicyclic) bond motifs is 1. The smallest absolute Gasteiger partial charge is 0.305 e. The number of esters is 1. The van der Waals surface area contributed by atoms with Crippen molar-refractivity contribution < 1.29 is 23.5 Å². The van der Waals surface area contributed by atoms with E-state index < -0.39 is 5.82 Å². The zero-order valence-corrected chi connectivity index (χ0v) is 24.5. The van der Waals surface area contributed by atoms with E-state index in [9.17, 15) is 18.8 Å². The van der Waals surface area contributed by atoms with Crippen molar-refractivity contribution in [2.24, 2.45) is 0 Å². The minimum absolute atomic E-state index is 0.0519. The van der Waals surface area contributed by atoms with Crippen LogP contribution in [0.25, 0.3) is 11.3 Å². The average molecular weight is 573 g/mol. The molecule has 0 saturated heterocycles. The highest BCUT2D eigenvalue weighted by Crippen LogP contribution is 2.38. The Kier molecular flexibility index (Phi) is 10.1. The van der Waals surface area contributed by atoms with Crippen LogP contribution in [0.15, 0.2) is 66.7 Å². The molecule has 3 aromatic rings. The number of anilines is 3. The highest BCUT2D eigenvalue weighted by Gasteiger charge is 2.29. The van der Waals surface area contributed by atoms with Crippen LogP contribution in [-0.2, 0) is 25.5 Å². The van der Waals surface area contributed by atoms with Crippen molar-refractivity contribution in [2.45, 2.75) is 32.1 Å². The number of benzene rings is 3. The largest absolute Gasteiger partial charge is 0.469 e. The zero-order valence-electron chi connectivity index (χ0n) is 24.5. The van der Waals surface area contributed by atoms with Crippen LogP contribution in [0.1, 0.15) is 42.4 Å². The van der Waals surface area contributed by atoms with Crippen LogP contribution in [0, 0.1) is 5.82 Å². The summed E-state index contributed by atoms with van der Waals surface area (Å²) in [6, 6.07) is 19.2. The Bertz CT molecular complexity index is 1470. The highest BCUT2D eigenvalue weighted by atomic mass is 19.1. The summed E-state index contributed by atoms with van der Waals surface area (Å²) in [6.07, 6.45) is 3.06. The van der Waals surface area contributed by atoms with Gasteiger partial charge in [-0.3, -0.25) is 14.4 Å². The van der Waals surface area contributed by atoms with Crippen LogP contribution in [0.5, 0.6) is 0 Å². The zero-order chi connectivity index (χ0) is 30.2. The van der Waals surface area contributed by atoms with Gasteiger partial charge in [0.1, 0.15) is 5.82 Å². The maximum absolute atomic E-state index is 13.9. The van der Waals surface area contributed by atoms with Gasteiger partial charge < -0.3 is 25.2 Å². The standard InChI is InChI=1S/C33H37FN4O4/c1-37(2)20-6-5-7-29(39)38(3)26-16-14-25(15-17-26)35-32(23-11-8-22(9-12-23)10-19-30(40)42-4)31-27-18-13-24(34)21-28(27)36-33(31)41/h8-9,11-18,21,35H,5-7,10,19-20H2,1-4H3,(H,36,41). The van der Waals surface area contributed by atoms with E-state index in [0.717, 1.165) is 36.2 Å². The first-order chi connectivity index (χ1) is 20.2. The van der Waals surface area contributed by atoms with Gasteiger partial charge in [0.05, 0.1) is 24.1 Å². The number of rotatable bonds is 12. The van der Waals surface area contributed by atoms with Crippen LogP contribution >= 0.6 is 0 Å². The molecule has 0 spiro atoms. The Balaban J connectivity index is 1.59. The number of ether oxygens (including phenoxy) is 1. The average Bonchev–Trinajstić information content (AvgIpc) is 3.31. The summed E-state index contributed by atoms with van der Waals surface area (Å²) in [7, 11) is 7.17. The second-order valence-corrected chi connectivity index (χ2v) is 10.6. The summed E-state index contributed by atoms with van der Waals surface area (Å²) >= 11 is 0. The lowest BCUT2D eigenvalue weighted by atomic mass is 9.98. The van der Waals surface area contributed by atoms with E-state index in [0.29, 0.717) is 41.1 Å². The minimum atomic E-state index is -0.438. The Hall–Kier alpha value is -4.50. The normalized spacial score (nSPS) is 13.4. The molecule has 3 aromatic carbocycles. The number of hydrogen-bond acceptors (Lipinski definition) is 6. The third kappa shape index (κ3) is 7.61. The van der Waals surface area contributed by atoms with Gasteiger partial charge in [-0.25, -0.2) is 4.39 Å². The molecule has 0 radical (unpaired) electrons. The number of methoxy groups -OCH3 is 1. The first-order valence-electron chi connectivity index (χ1n) is 14.0. The van der Waals surface area contributed by atoms with Gasteiger partial charge in [-0.1, -0.05) is 24.3 Å². The van der Waals surface area contributed by atoms with Gasteiger partial charge in [-0.05, 0) is 93.5 Å². The fraction of sp³-hybridized carbons (Fsp3) is 0.303. The molecule has 2 N–H and O–H groups in total. The van der Waals surface area contributed by atoms with Gasteiger partial charge in [0.15, 0.2) is 0 Å². The molecule has 8 nitrogen and oxygen atoms in total. The predicted molar refractivity (Wildman–Crippen MR) is 165 cm³/mol. The van der Waals surface area contributed by atoms with Gasteiger partial charge in [0, 0.05) is 36.8 Å². The van der Waals surface area contributed by atoms with Gasteiger partial charge >= 0.3 is 5.97 Å². The summed E-state index contributed by atoms with van der Waals surface area (Å²) in [5, 5.41) is 6.16. The maximum Gasteiger partial charge on any atom is 0.305 e. The Morgan fingerprint density at radius 2 is 1.64 bits per heavy atom. The molecule has 0 aromatic heterocycles. The van der Waals surface area contributed by atoms with E-state index in [-0.39, 0.29) is 24.2 Å². The minimum Gasteiger partial charge on any atom is -0.469 e. The van der Waals surface area contributed by atoms with E-state index >= 15 is 0 Å². The number of nitrogens with one attached hydrogen (secondary N) is 2. The van der Waals surface area contributed by atoms with E-state index in [2.05, 4.69) is 15.5 Å². The van der Waals surface area contributed by atoms with Crippen molar-refractivity contribution in [3.63, 3.8) is 0 Å². The molecule has 1 aliphatic rings. The molecule has 0 fully saturated rings. The molecule has 0 aliphatic carbocycles. The molecular weight excluding hydrogens is 535 g/mol. The van der Waals surface area contributed by atoms with Crippen molar-refractivity contribution in [1.29, 1.82) is 0 Å². The van der Waals surface area contributed by atoms with Crippen LogP contribution in [-0.4, -0.2) is 57.5 Å². The number of aryl methyl sites for hydroxylation is 1. The van der Waals surface area contributed by atoms with E-state index in [4.69, 9.17) is 4.74 Å². The lowest BCUT2D eigenvalue weighted by Crippen LogP contribution is -2.26. The molecular formula is C33H37FN4O4. The fourth-order valence-electron chi connectivity index (χ4n) is 4.79. The van der Waals surface area contributed by atoms with E-state index in [1.165, 1.54) is 19.2 Å². The monoisotopic (exact) mass is 572 g/mol.